The van der Waals surface area contributed by atoms with Crippen LogP contribution in [0.15, 0.2) is 36.5 Å². The third kappa shape index (κ3) is 4.07. The SMILES string of the molecule is CC(=O)Nc1ccc(C#Cc2cnc(C#N)c(Cl)c2)cc1. The minimum Gasteiger partial charge on any atom is -0.326 e. The number of aromatic nitrogens is 1. The van der Waals surface area contributed by atoms with Crippen molar-refractivity contribution >= 4 is 23.2 Å². The van der Waals surface area contributed by atoms with Crippen LogP contribution < -0.4 is 5.32 Å². The summed E-state index contributed by atoms with van der Waals surface area (Å²) < 4.78 is 0. The molecule has 1 aromatic carbocycles. The smallest absolute Gasteiger partial charge is 0.221 e. The molecule has 0 aliphatic heterocycles. The lowest BCUT2D eigenvalue weighted by molar-refractivity contribution is -0.114. The number of carbonyl (C=O) groups is 1. The second-order valence-electron chi connectivity index (χ2n) is 4.17. The van der Waals surface area contributed by atoms with Gasteiger partial charge in [0.05, 0.1) is 5.02 Å². The highest BCUT2D eigenvalue weighted by molar-refractivity contribution is 6.31. The molecule has 21 heavy (non-hydrogen) atoms. The van der Waals surface area contributed by atoms with E-state index < -0.39 is 0 Å². The van der Waals surface area contributed by atoms with Crippen LogP contribution in [0.5, 0.6) is 0 Å². The van der Waals surface area contributed by atoms with Gasteiger partial charge in [0.2, 0.25) is 5.91 Å². The largest absolute Gasteiger partial charge is 0.326 e. The standard InChI is InChI=1S/C16H10ClN3O/c1-11(21)20-14-6-4-12(5-7-14)2-3-13-8-15(17)16(9-18)19-10-13/h4-8,10H,1H3,(H,20,21). The first-order valence-corrected chi connectivity index (χ1v) is 6.41. The van der Waals surface area contributed by atoms with E-state index in [0.29, 0.717) is 5.56 Å². The van der Waals surface area contributed by atoms with Gasteiger partial charge in [0.1, 0.15) is 6.07 Å². The summed E-state index contributed by atoms with van der Waals surface area (Å²) in [6, 6.07) is 10.6. The first kappa shape index (κ1) is 14.6. The van der Waals surface area contributed by atoms with Crippen LogP contribution >= 0.6 is 11.6 Å². The molecule has 2 aromatic rings. The van der Waals surface area contributed by atoms with E-state index >= 15 is 0 Å². The van der Waals surface area contributed by atoms with Crippen molar-refractivity contribution in [2.75, 3.05) is 5.32 Å². The van der Waals surface area contributed by atoms with E-state index in [1.54, 1.807) is 30.3 Å². The van der Waals surface area contributed by atoms with Gasteiger partial charge in [-0.25, -0.2) is 4.98 Å². The topological polar surface area (TPSA) is 65.8 Å². The summed E-state index contributed by atoms with van der Waals surface area (Å²) in [4.78, 5) is 14.8. The fourth-order valence-electron chi connectivity index (χ4n) is 1.57. The molecule has 0 bridgehead atoms. The van der Waals surface area contributed by atoms with Crippen molar-refractivity contribution < 1.29 is 4.79 Å². The monoisotopic (exact) mass is 295 g/mol. The van der Waals surface area contributed by atoms with E-state index in [1.165, 1.54) is 13.1 Å². The van der Waals surface area contributed by atoms with Crippen LogP contribution in [0.4, 0.5) is 5.69 Å². The zero-order chi connectivity index (χ0) is 15.2. The molecule has 0 fully saturated rings. The van der Waals surface area contributed by atoms with Crippen LogP contribution in [0, 0.1) is 23.2 Å². The number of rotatable bonds is 1. The van der Waals surface area contributed by atoms with E-state index in [4.69, 9.17) is 16.9 Å². The van der Waals surface area contributed by atoms with Gasteiger partial charge >= 0.3 is 0 Å². The van der Waals surface area contributed by atoms with Crippen molar-refractivity contribution in [2.24, 2.45) is 0 Å². The van der Waals surface area contributed by atoms with Crippen molar-refractivity contribution in [3.8, 4) is 17.9 Å². The maximum Gasteiger partial charge on any atom is 0.221 e. The van der Waals surface area contributed by atoms with Crippen LogP contribution in [-0.2, 0) is 4.79 Å². The molecule has 1 aromatic heterocycles. The maximum absolute atomic E-state index is 10.9. The molecule has 0 saturated carbocycles. The molecule has 0 aliphatic carbocycles. The van der Waals surface area contributed by atoms with E-state index in [2.05, 4.69) is 22.1 Å². The van der Waals surface area contributed by atoms with Crippen LogP contribution in [0.2, 0.25) is 5.02 Å². The van der Waals surface area contributed by atoms with E-state index in [0.717, 1.165) is 11.3 Å². The summed E-state index contributed by atoms with van der Waals surface area (Å²) in [5, 5.41) is 11.7. The average Bonchev–Trinajstić information content (AvgIpc) is 2.46. The zero-order valence-corrected chi connectivity index (χ0v) is 11.9. The maximum atomic E-state index is 10.9. The number of nitrogens with zero attached hydrogens (tertiary/aromatic N) is 2. The van der Waals surface area contributed by atoms with Gasteiger partial charge in [0.15, 0.2) is 5.69 Å². The molecular formula is C16H10ClN3O. The number of amides is 1. The Morgan fingerprint density at radius 1 is 1.24 bits per heavy atom. The number of benzene rings is 1. The zero-order valence-electron chi connectivity index (χ0n) is 11.1. The molecule has 0 radical (unpaired) electrons. The Morgan fingerprint density at radius 2 is 1.90 bits per heavy atom. The summed E-state index contributed by atoms with van der Waals surface area (Å²) in [7, 11) is 0. The third-order valence-corrected chi connectivity index (χ3v) is 2.79. The second kappa shape index (κ2) is 6.56. The highest BCUT2D eigenvalue weighted by Gasteiger charge is 2.00. The second-order valence-corrected chi connectivity index (χ2v) is 4.58. The van der Waals surface area contributed by atoms with Crippen LogP contribution in [-0.4, -0.2) is 10.9 Å². The number of nitrogens with one attached hydrogen (secondary N) is 1. The summed E-state index contributed by atoms with van der Waals surface area (Å²) in [5.41, 5.74) is 2.33. The van der Waals surface area contributed by atoms with Crippen molar-refractivity contribution in [2.45, 2.75) is 6.92 Å². The molecule has 5 heteroatoms. The third-order valence-electron chi connectivity index (χ3n) is 2.50. The number of hydrogen-bond donors (Lipinski definition) is 1. The van der Waals surface area contributed by atoms with E-state index in [9.17, 15) is 4.79 Å². The van der Waals surface area contributed by atoms with Gasteiger partial charge in [-0.2, -0.15) is 5.26 Å². The summed E-state index contributed by atoms with van der Waals surface area (Å²) in [6.07, 6.45) is 1.50. The Bertz CT molecular complexity index is 780. The quantitative estimate of drug-likeness (QED) is 0.823. The molecule has 4 nitrogen and oxygen atoms in total. The normalized spacial score (nSPS) is 9.19. The van der Waals surface area contributed by atoms with Crippen molar-refractivity contribution in [1.82, 2.24) is 4.98 Å². The Morgan fingerprint density at radius 3 is 2.48 bits per heavy atom. The molecule has 0 unspecified atom stereocenters. The first-order valence-electron chi connectivity index (χ1n) is 6.04. The summed E-state index contributed by atoms with van der Waals surface area (Å²) in [5.74, 6) is 5.76. The fraction of sp³-hybridized carbons (Fsp3) is 0.0625. The van der Waals surface area contributed by atoms with Gasteiger partial charge < -0.3 is 5.32 Å². The average molecular weight is 296 g/mol. The number of pyridine rings is 1. The minimum absolute atomic E-state index is 0.118. The van der Waals surface area contributed by atoms with Crippen molar-refractivity contribution in [3.63, 3.8) is 0 Å². The van der Waals surface area contributed by atoms with Gasteiger partial charge in [-0.05, 0) is 30.3 Å². The summed E-state index contributed by atoms with van der Waals surface area (Å²) >= 11 is 5.89. The van der Waals surface area contributed by atoms with Gasteiger partial charge in [0, 0.05) is 29.9 Å². The highest BCUT2D eigenvalue weighted by atomic mass is 35.5. The molecule has 102 valence electrons. The molecule has 1 amide bonds. The first-order chi connectivity index (χ1) is 10.1. The Balaban J connectivity index is 2.17. The minimum atomic E-state index is -0.118. The number of nitriles is 1. The van der Waals surface area contributed by atoms with Gasteiger partial charge in [0.25, 0.3) is 0 Å². The highest BCUT2D eigenvalue weighted by Crippen LogP contribution is 2.14. The number of carbonyl (C=O) groups excluding carboxylic acids is 1. The van der Waals surface area contributed by atoms with E-state index in [-0.39, 0.29) is 16.6 Å². The molecule has 1 heterocycles. The fourth-order valence-corrected chi connectivity index (χ4v) is 1.78. The van der Waals surface area contributed by atoms with Crippen molar-refractivity contribution in [1.29, 1.82) is 5.26 Å². The number of hydrogen-bond acceptors (Lipinski definition) is 3. The number of halogens is 1. The van der Waals surface area contributed by atoms with Crippen LogP contribution in [0.25, 0.3) is 0 Å². The predicted octanol–water partition coefficient (Wildman–Crippen LogP) is 2.96. The van der Waals surface area contributed by atoms with Gasteiger partial charge in [-0.3, -0.25) is 4.79 Å². The lowest BCUT2D eigenvalue weighted by Crippen LogP contribution is -2.05. The van der Waals surface area contributed by atoms with Crippen LogP contribution in [0.3, 0.4) is 0 Å². The lowest BCUT2D eigenvalue weighted by atomic mass is 10.2. The molecule has 1 N–H and O–H groups in total. The van der Waals surface area contributed by atoms with Crippen LogP contribution in [0.1, 0.15) is 23.7 Å². The predicted molar refractivity (Wildman–Crippen MR) is 80.7 cm³/mol. The molecule has 0 atom stereocenters. The Labute approximate surface area is 127 Å². The molecule has 0 saturated heterocycles. The van der Waals surface area contributed by atoms with Gasteiger partial charge in [-0.15, -0.1) is 0 Å². The van der Waals surface area contributed by atoms with E-state index in [1.807, 2.05) is 6.07 Å². The Kier molecular flexibility index (Phi) is 4.56. The van der Waals surface area contributed by atoms with Gasteiger partial charge in [-0.1, -0.05) is 23.4 Å². The number of anilines is 1. The summed E-state index contributed by atoms with van der Waals surface area (Å²) in [6.45, 7) is 1.45. The Hall–Kier alpha value is -2.82. The van der Waals surface area contributed by atoms with Crippen molar-refractivity contribution in [3.05, 3.63) is 58.4 Å². The molecule has 0 aliphatic rings. The molecule has 2 rings (SSSR count). The lowest BCUT2D eigenvalue weighted by Gasteiger charge is -2.00. The molecule has 0 spiro atoms. The molecular weight excluding hydrogens is 286 g/mol.